The molecule has 1 aliphatic rings. The Bertz CT molecular complexity index is 1070. The predicted octanol–water partition coefficient (Wildman–Crippen LogP) is 1.73. The molecule has 3 rings (SSSR count). The van der Waals surface area contributed by atoms with Crippen LogP contribution in [0.15, 0.2) is 35.5 Å². The minimum atomic E-state index is -3.96. The summed E-state index contributed by atoms with van der Waals surface area (Å²) in [5, 5.41) is 0. The number of rotatable bonds is 7. The minimum Gasteiger partial charge on any atom is -0.348 e. The van der Waals surface area contributed by atoms with Crippen LogP contribution in [0.4, 0.5) is 0 Å². The number of carbonyl (C=O) groups excluding carboxylic acids is 2. The molecule has 0 fully saturated rings. The van der Waals surface area contributed by atoms with E-state index in [1.165, 1.54) is 17.3 Å². The zero-order valence-corrected chi connectivity index (χ0v) is 19.2. The van der Waals surface area contributed by atoms with Crippen LogP contribution in [0, 0.1) is 0 Å². The molecule has 0 bridgehead atoms. The van der Waals surface area contributed by atoms with Crippen LogP contribution in [0.5, 0.6) is 0 Å². The van der Waals surface area contributed by atoms with Gasteiger partial charge in [-0.2, -0.15) is 4.31 Å². The number of imidazole rings is 1. The Morgan fingerprint density at radius 3 is 2.35 bits per heavy atom. The van der Waals surface area contributed by atoms with Crippen molar-refractivity contribution >= 4 is 21.8 Å². The molecule has 168 valence electrons. The van der Waals surface area contributed by atoms with Crippen molar-refractivity contribution in [2.45, 2.75) is 38.1 Å². The number of fused-ring (bicyclic) bond motifs is 3. The van der Waals surface area contributed by atoms with Crippen LogP contribution in [-0.4, -0.2) is 77.6 Å². The summed E-state index contributed by atoms with van der Waals surface area (Å²) in [6, 6.07) is 6.57. The molecule has 0 saturated carbocycles. The lowest BCUT2D eigenvalue weighted by Gasteiger charge is -2.23. The van der Waals surface area contributed by atoms with Gasteiger partial charge in [-0.15, -0.1) is 0 Å². The third kappa shape index (κ3) is 4.35. The fourth-order valence-electron chi connectivity index (χ4n) is 3.61. The number of hydrogen-bond donors (Lipinski definition) is 0. The first-order valence-corrected chi connectivity index (χ1v) is 11.8. The molecule has 2 aromatic rings. The lowest BCUT2D eigenvalue weighted by atomic mass is 10.2. The normalized spacial score (nSPS) is 15.0. The van der Waals surface area contributed by atoms with Gasteiger partial charge in [-0.05, 0) is 25.0 Å². The van der Waals surface area contributed by atoms with Gasteiger partial charge in [0.25, 0.3) is 5.91 Å². The number of benzene rings is 1. The molecule has 0 atom stereocenters. The highest BCUT2D eigenvalue weighted by atomic mass is 32.2. The summed E-state index contributed by atoms with van der Waals surface area (Å²) in [5.41, 5.74) is 1.10. The van der Waals surface area contributed by atoms with E-state index in [-0.39, 0.29) is 35.5 Å². The Morgan fingerprint density at radius 2 is 1.74 bits per heavy atom. The average molecular weight is 448 g/mol. The quantitative estimate of drug-likeness (QED) is 0.644. The number of amides is 2. The number of aromatic nitrogens is 2. The molecule has 10 heteroatoms. The monoisotopic (exact) mass is 447 g/mol. The molecule has 2 amide bonds. The lowest BCUT2D eigenvalue weighted by Crippen LogP contribution is -2.40. The second-order valence-electron chi connectivity index (χ2n) is 7.73. The first kappa shape index (κ1) is 23.0. The third-order valence-electron chi connectivity index (χ3n) is 5.22. The largest absolute Gasteiger partial charge is 0.348 e. The summed E-state index contributed by atoms with van der Waals surface area (Å²) in [7, 11) is -0.803. The summed E-state index contributed by atoms with van der Waals surface area (Å²) in [6.45, 7) is 4.75. The highest BCUT2D eigenvalue weighted by Gasteiger charge is 2.36. The number of hydrogen-bond acceptors (Lipinski definition) is 5. The molecule has 0 unspecified atom stereocenters. The van der Waals surface area contributed by atoms with Crippen molar-refractivity contribution < 1.29 is 18.0 Å². The van der Waals surface area contributed by atoms with E-state index in [9.17, 15) is 18.0 Å². The fraction of sp³-hybridized carbons (Fsp3) is 0.476. The van der Waals surface area contributed by atoms with Crippen LogP contribution in [0.3, 0.4) is 0 Å². The Balaban J connectivity index is 2.14. The molecule has 31 heavy (non-hydrogen) atoms. The number of para-hydroxylation sites is 1. The van der Waals surface area contributed by atoms with Crippen LogP contribution in [0.2, 0.25) is 0 Å². The van der Waals surface area contributed by atoms with Crippen molar-refractivity contribution in [3.05, 3.63) is 42.0 Å². The van der Waals surface area contributed by atoms with Gasteiger partial charge in [-0.1, -0.05) is 26.0 Å². The van der Waals surface area contributed by atoms with E-state index in [0.717, 1.165) is 17.1 Å². The molecule has 0 saturated heterocycles. The summed E-state index contributed by atoms with van der Waals surface area (Å²) in [6.07, 6.45) is 3.11. The Labute approximate surface area is 183 Å². The van der Waals surface area contributed by atoms with Gasteiger partial charge in [0.1, 0.15) is 11.2 Å². The maximum atomic E-state index is 13.4. The Kier molecular flexibility index (Phi) is 6.80. The van der Waals surface area contributed by atoms with Gasteiger partial charge >= 0.3 is 0 Å². The first-order valence-electron chi connectivity index (χ1n) is 10.4. The Morgan fingerprint density at radius 1 is 1.10 bits per heavy atom. The van der Waals surface area contributed by atoms with E-state index in [1.54, 1.807) is 41.8 Å². The molecule has 0 spiro atoms. The summed E-state index contributed by atoms with van der Waals surface area (Å²) in [4.78, 5) is 33.2. The van der Waals surface area contributed by atoms with Crippen LogP contribution in [-0.2, 0) is 21.4 Å². The van der Waals surface area contributed by atoms with Crippen LogP contribution in [0.25, 0.3) is 5.69 Å². The maximum absolute atomic E-state index is 13.4. The van der Waals surface area contributed by atoms with Crippen LogP contribution >= 0.6 is 0 Å². The Hall–Kier alpha value is -2.72. The van der Waals surface area contributed by atoms with E-state index < -0.39 is 10.0 Å². The molecule has 2 heterocycles. The predicted molar refractivity (Wildman–Crippen MR) is 116 cm³/mol. The third-order valence-corrected chi connectivity index (χ3v) is 7.06. The molecular formula is C21H29N5O4S. The molecule has 9 nitrogen and oxygen atoms in total. The second kappa shape index (κ2) is 9.19. The first-order chi connectivity index (χ1) is 14.7. The van der Waals surface area contributed by atoms with Crippen molar-refractivity contribution in [3.63, 3.8) is 0 Å². The van der Waals surface area contributed by atoms with Crippen molar-refractivity contribution in [1.82, 2.24) is 23.7 Å². The summed E-state index contributed by atoms with van der Waals surface area (Å²) < 4.78 is 29.6. The zero-order valence-electron chi connectivity index (χ0n) is 18.4. The highest BCUT2D eigenvalue weighted by molar-refractivity contribution is 7.89. The minimum absolute atomic E-state index is 0.0793. The van der Waals surface area contributed by atoms with Crippen molar-refractivity contribution in [1.29, 1.82) is 0 Å². The van der Waals surface area contributed by atoms with E-state index in [4.69, 9.17) is 0 Å². The van der Waals surface area contributed by atoms with Gasteiger partial charge in [0.2, 0.25) is 15.9 Å². The molecule has 1 aromatic carbocycles. The van der Waals surface area contributed by atoms with Crippen LogP contribution < -0.4 is 0 Å². The van der Waals surface area contributed by atoms with E-state index in [1.807, 2.05) is 13.8 Å². The summed E-state index contributed by atoms with van der Waals surface area (Å²) in [5.74, 6) is -0.575. The van der Waals surface area contributed by atoms with Gasteiger partial charge in [0, 0.05) is 27.2 Å². The SMILES string of the molecule is CCCN(CCC)C(=O)c1ncn2c1CN(CC(=O)N(C)C)S(=O)(=O)c1ccccc1-2. The molecule has 0 N–H and O–H groups in total. The smallest absolute Gasteiger partial charge is 0.274 e. The van der Waals surface area contributed by atoms with E-state index >= 15 is 0 Å². The average Bonchev–Trinajstić information content (AvgIpc) is 3.12. The van der Waals surface area contributed by atoms with Crippen molar-refractivity contribution in [3.8, 4) is 5.69 Å². The van der Waals surface area contributed by atoms with Gasteiger partial charge in [0.05, 0.1) is 24.5 Å². The molecule has 1 aromatic heterocycles. The molecule has 0 radical (unpaired) electrons. The number of nitrogens with zero attached hydrogens (tertiary/aromatic N) is 5. The van der Waals surface area contributed by atoms with Crippen molar-refractivity contribution in [2.24, 2.45) is 0 Å². The zero-order chi connectivity index (χ0) is 22.8. The molecule has 1 aliphatic heterocycles. The highest BCUT2D eigenvalue weighted by Crippen LogP contribution is 2.31. The maximum Gasteiger partial charge on any atom is 0.274 e. The number of sulfonamides is 1. The molecular weight excluding hydrogens is 418 g/mol. The van der Waals surface area contributed by atoms with Crippen molar-refractivity contribution in [2.75, 3.05) is 33.7 Å². The van der Waals surface area contributed by atoms with E-state index in [0.29, 0.717) is 24.5 Å². The standard InChI is InChI=1S/C21H29N5O4S/c1-5-11-24(12-6-2)21(28)20-17-13-25(14-19(27)23(3)4)31(29,30)18-10-8-7-9-16(18)26(17)15-22-20/h7-10,15H,5-6,11-14H2,1-4H3. The second-order valence-corrected chi connectivity index (χ2v) is 9.64. The van der Waals surface area contributed by atoms with Gasteiger partial charge in [-0.3, -0.25) is 14.2 Å². The van der Waals surface area contributed by atoms with E-state index in [2.05, 4.69) is 4.98 Å². The number of carbonyl (C=O) groups is 2. The topological polar surface area (TPSA) is 95.8 Å². The summed E-state index contributed by atoms with van der Waals surface area (Å²) >= 11 is 0. The molecule has 0 aliphatic carbocycles. The van der Waals surface area contributed by atoms with Gasteiger partial charge in [0.15, 0.2) is 5.69 Å². The van der Waals surface area contributed by atoms with Gasteiger partial charge in [-0.25, -0.2) is 13.4 Å². The lowest BCUT2D eigenvalue weighted by molar-refractivity contribution is -0.128. The fourth-order valence-corrected chi connectivity index (χ4v) is 5.15. The van der Waals surface area contributed by atoms with Crippen LogP contribution in [0.1, 0.15) is 42.9 Å². The number of likely N-dealkylation sites (N-methyl/N-ethyl adjacent to an activating group) is 1. The van der Waals surface area contributed by atoms with Gasteiger partial charge < -0.3 is 9.80 Å².